The predicted octanol–water partition coefficient (Wildman–Crippen LogP) is 2.14. The van der Waals surface area contributed by atoms with Crippen LogP contribution in [0.1, 0.15) is 34.5 Å². The molecular formula is C20H25N5O2. The molecule has 1 saturated heterocycles. The number of carbonyl (C=O) groups excluding carboxylic acids is 1. The summed E-state index contributed by atoms with van der Waals surface area (Å²) in [5.41, 5.74) is 2.61. The maximum atomic E-state index is 11.8. The third-order valence-corrected chi connectivity index (χ3v) is 5.15. The van der Waals surface area contributed by atoms with Crippen molar-refractivity contribution in [2.75, 3.05) is 37.0 Å². The third kappa shape index (κ3) is 3.54. The average Bonchev–Trinajstić information content (AvgIpc) is 3.02. The summed E-state index contributed by atoms with van der Waals surface area (Å²) in [4.78, 5) is 25.2. The van der Waals surface area contributed by atoms with Gasteiger partial charge in [0, 0.05) is 40.0 Å². The van der Waals surface area contributed by atoms with Gasteiger partial charge in [0.2, 0.25) is 0 Å². The van der Waals surface area contributed by atoms with Gasteiger partial charge in [-0.25, -0.2) is 9.97 Å². The van der Waals surface area contributed by atoms with Crippen molar-refractivity contribution in [3.8, 4) is 5.75 Å². The summed E-state index contributed by atoms with van der Waals surface area (Å²) < 4.78 is 6.11. The minimum absolute atomic E-state index is 0.0202. The lowest BCUT2D eigenvalue weighted by Gasteiger charge is -2.34. The zero-order valence-corrected chi connectivity index (χ0v) is 16.0. The van der Waals surface area contributed by atoms with Crippen molar-refractivity contribution in [1.29, 1.82) is 0 Å². The first-order valence-corrected chi connectivity index (χ1v) is 9.35. The van der Waals surface area contributed by atoms with Crippen LogP contribution in [-0.2, 0) is 6.54 Å². The van der Waals surface area contributed by atoms with Crippen molar-refractivity contribution in [3.05, 3.63) is 41.2 Å². The van der Waals surface area contributed by atoms with Crippen LogP contribution in [0.15, 0.2) is 24.4 Å². The molecule has 0 bridgehead atoms. The maximum Gasteiger partial charge on any atom is 0.253 e. The van der Waals surface area contributed by atoms with E-state index in [1.165, 1.54) is 0 Å². The molecule has 0 atom stereocenters. The number of hydrogen-bond acceptors (Lipinski definition) is 6. The van der Waals surface area contributed by atoms with E-state index in [4.69, 9.17) is 9.72 Å². The highest BCUT2D eigenvalue weighted by Gasteiger charge is 2.26. The summed E-state index contributed by atoms with van der Waals surface area (Å²) in [5.74, 6) is 2.70. The van der Waals surface area contributed by atoms with Gasteiger partial charge in [-0.1, -0.05) is 0 Å². The van der Waals surface area contributed by atoms with Crippen LogP contribution >= 0.6 is 0 Å². The van der Waals surface area contributed by atoms with Crippen LogP contribution in [0.4, 0.5) is 11.6 Å². The molecular weight excluding hydrogens is 342 g/mol. The number of hydrogen-bond donors (Lipinski definition) is 1. The van der Waals surface area contributed by atoms with Crippen LogP contribution in [0.5, 0.6) is 5.75 Å². The monoisotopic (exact) mass is 367 g/mol. The Kier molecular flexibility index (Phi) is 4.59. The van der Waals surface area contributed by atoms with E-state index in [0.717, 1.165) is 54.6 Å². The van der Waals surface area contributed by atoms with Crippen LogP contribution in [0.25, 0.3) is 0 Å². The van der Waals surface area contributed by atoms with E-state index < -0.39 is 0 Å². The van der Waals surface area contributed by atoms with Gasteiger partial charge in [-0.3, -0.25) is 4.79 Å². The third-order valence-electron chi connectivity index (χ3n) is 5.15. The van der Waals surface area contributed by atoms with Crippen LogP contribution in [0.3, 0.4) is 0 Å². The fraction of sp³-hybridized carbons (Fsp3) is 0.450. The van der Waals surface area contributed by atoms with Crippen molar-refractivity contribution in [1.82, 2.24) is 15.3 Å². The largest absolute Gasteiger partial charge is 0.489 e. The number of amides is 1. The molecule has 2 aromatic rings. The fourth-order valence-corrected chi connectivity index (χ4v) is 3.64. The molecule has 0 spiro atoms. The first-order chi connectivity index (χ1) is 13.0. The van der Waals surface area contributed by atoms with E-state index in [2.05, 4.69) is 15.2 Å². The maximum absolute atomic E-state index is 11.8. The summed E-state index contributed by atoms with van der Waals surface area (Å²) >= 11 is 0. The van der Waals surface area contributed by atoms with Crippen LogP contribution in [0.2, 0.25) is 0 Å². The summed E-state index contributed by atoms with van der Waals surface area (Å²) in [6.45, 7) is 4.33. The Balaban J connectivity index is 1.38. The van der Waals surface area contributed by atoms with Gasteiger partial charge in [-0.2, -0.15) is 0 Å². The standard InChI is InChI=1S/C20H25N5O2/c1-13-10-16-17(12-22-20(16)26)23-19(13)25-8-6-14(7-9-25)27-15-4-5-18(21-11-15)24(2)3/h4-5,10-11,14H,6-9,12H2,1-3H3,(H,22,26). The number of rotatable bonds is 4. The first-order valence-electron chi connectivity index (χ1n) is 9.35. The summed E-state index contributed by atoms with van der Waals surface area (Å²) in [6.07, 6.45) is 3.85. The number of anilines is 2. The number of carbonyl (C=O) groups is 1. The number of nitrogens with one attached hydrogen (secondary N) is 1. The zero-order chi connectivity index (χ0) is 19.0. The Labute approximate surface area is 159 Å². The molecule has 7 heteroatoms. The minimum atomic E-state index is -0.0202. The Hall–Kier alpha value is -2.83. The highest BCUT2D eigenvalue weighted by atomic mass is 16.5. The quantitative estimate of drug-likeness (QED) is 0.893. The first kappa shape index (κ1) is 17.6. The lowest BCUT2D eigenvalue weighted by Crippen LogP contribution is -2.39. The van der Waals surface area contributed by atoms with Gasteiger partial charge in [0.05, 0.1) is 24.0 Å². The summed E-state index contributed by atoms with van der Waals surface area (Å²) in [6, 6.07) is 5.91. The Bertz CT molecular complexity index is 842. The molecule has 7 nitrogen and oxygen atoms in total. The number of fused-ring (bicyclic) bond motifs is 1. The molecule has 0 aliphatic carbocycles. The van der Waals surface area contributed by atoms with Crippen LogP contribution < -0.4 is 19.9 Å². The second kappa shape index (κ2) is 7.06. The Morgan fingerprint density at radius 1 is 1.26 bits per heavy atom. The number of aromatic nitrogens is 2. The summed E-state index contributed by atoms with van der Waals surface area (Å²) in [5, 5.41) is 2.84. The molecule has 4 rings (SSSR count). The van der Waals surface area contributed by atoms with Crippen molar-refractivity contribution >= 4 is 17.5 Å². The zero-order valence-electron chi connectivity index (χ0n) is 16.0. The van der Waals surface area contributed by atoms with Gasteiger partial charge in [-0.05, 0) is 30.7 Å². The second-order valence-corrected chi connectivity index (χ2v) is 7.36. The Morgan fingerprint density at radius 2 is 2.04 bits per heavy atom. The smallest absolute Gasteiger partial charge is 0.253 e. The molecule has 0 radical (unpaired) electrons. The van der Waals surface area contributed by atoms with Gasteiger partial charge in [-0.15, -0.1) is 0 Å². The van der Waals surface area contributed by atoms with Gasteiger partial charge in [0.25, 0.3) is 5.91 Å². The van der Waals surface area contributed by atoms with Crippen LogP contribution in [0, 0.1) is 6.92 Å². The molecule has 0 saturated carbocycles. The lowest BCUT2D eigenvalue weighted by molar-refractivity contribution is 0.0965. The molecule has 0 unspecified atom stereocenters. The minimum Gasteiger partial charge on any atom is -0.489 e. The van der Waals surface area contributed by atoms with Crippen molar-refractivity contribution in [2.24, 2.45) is 0 Å². The highest BCUT2D eigenvalue weighted by Crippen LogP contribution is 2.27. The van der Waals surface area contributed by atoms with E-state index in [9.17, 15) is 4.79 Å². The molecule has 2 aliphatic rings. The van der Waals surface area contributed by atoms with Crippen molar-refractivity contribution in [3.63, 3.8) is 0 Å². The van der Waals surface area contributed by atoms with Gasteiger partial charge in [0.1, 0.15) is 23.5 Å². The van der Waals surface area contributed by atoms with E-state index in [1.54, 1.807) is 6.20 Å². The van der Waals surface area contributed by atoms with Gasteiger partial charge < -0.3 is 19.9 Å². The molecule has 0 aromatic carbocycles. The number of aryl methyl sites for hydroxylation is 1. The molecule has 1 N–H and O–H groups in total. The molecule has 2 aliphatic heterocycles. The fourth-order valence-electron chi connectivity index (χ4n) is 3.64. The van der Waals surface area contributed by atoms with Gasteiger partial charge >= 0.3 is 0 Å². The molecule has 2 aromatic heterocycles. The van der Waals surface area contributed by atoms with E-state index in [0.29, 0.717) is 12.1 Å². The average molecular weight is 367 g/mol. The molecule has 142 valence electrons. The number of piperidine rings is 1. The van der Waals surface area contributed by atoms with E-state index in [-0.39, 0.29) is 12.0 Å². The van der Waals surface area contributed by atoms with Crippen LogP contribution in [-0.4, -0.2) is 49.2 Å². The van der Waals surface area contributed by atoms with Gasteiger partial charge in [0.15, 0.2) is 0 Å². The number of pyridine rings is 2. The SMILES string of the molecule is Cc1cc2c(nc1N1CCC(Oc3ccc(N(C)C)nc3)CC1)CNC2=O. The van der Waals surface area contributed by atoms with E-state index >= 15 is 0 Å². The van der Waals surface area contributed by atoms with Crippen molar-refractivity contribution in [2.45, 2.75) is 32.4 Å². The molecule has 1 fully saturated rings. The number of ether oxygens (including phenoxy) is 1. The highest BCUT2D eigenvalue weighted by molar-refractivity contribution is 5.98. The normalized spacial score (nSPS) is 16.9. The van der Waals surface area contributed by atoms with E-state index in [1.807, 2.05) is 44.1 Å². The molecule has 4 heterocycles. The van der Waals surface area contributed by atoms with Crippen molar-refractivity contribution < 1.29 is 9.53 Å². The number of nitrogens with zero attached hydrogens (tertiary/aromatic N) is 4. The summed E-state index contributed by atoms with van der Waals surface area (Å²) in [7, 11) is 3.94. The lowest BCUT2D eigenvalue weighted by atomic mass is 10.1. The second-order valence-electron chi connectivity index (χ2n) is 7.36. The Morgan fingerprint density at radius 3 is 2.70 bits per heavy atom. The topological polar surface area (TPSA) is 70.6 Å². The predicted molar refractivity (Wildman–Crippen MR) is 105 cm³/mol. The molecule has 1 amide bonds. The molecule has 27 heavy (non-hydrogen) atoms.